The lowest BCUT2D eigenvalue weighted by atomic mass is 10.2. The number of nitrogens with zero attached hydrogens (tertiary/aromatic N) is 1. The predicted octanol–water partition coefficient (Wildman–Crippen LogP) is 2.72. The van der Waals surface area contributed by atoms with E-state index in [0.29, 0.717) is 11.1 Å². The third kappa shape index (κ3) is 2.16. The Morgan fingerprint density at radius 3 is 2.69 bits per heavy atom. The fourth-order valence-electron chi connectivity index (χ4n) is 1.36. The Labute approximate surface area is 88.6 Å². The zero-order chi connectivity index (χ0) is 11.8. The van der Waals surface area contributed by atoms with E-state index in [1.807, 2.05) is 0 Å². The summed E-state index contributed by atoms with van der Waals surface area (Å²) in [6.45, 7) is 0. The number of para-hydroxylation sites is 1. The van der Waals surface area contributed by atoms with Crippen LogP contribution >= 0.6 is 0 Å². The molecule has 2 rings (SSSR count). The molecule has 3 nitrogen and oxygen atoms in total. The molecule has 0 aliphatic rings. The molecule has 2 aromatic rings. The molecular weight excluding hydrogens is 221 g/mol. The molecule has 84 valence electrons. The number of benzene rings is 1. The largest absolute Gasteiger partial charge is 0.573 e. The van der Waals surface area contributed by atoms with Gasteiger partial charge in [-0.05, 0) is 12.1 Å². The highest BCUT2D eigenvalue weighted by Gasteiger charge is 2.31. The van der Waals surface area contributed by atoms with Crippen molar-refractivity contribution < 1.29 is 17.9 Å². The molecule has 0 fully saturated rings. The van der Waals surface area contributed by atoms with E-state index in [-0.39, 0.29) is 11.3 Å². The summed E-state index contributed by atoms with van der Waals surface area (Å²) in [5, 5.41) is 0.502. The van der Waals surface area contributed by atoms with E-state index in [4.69, 9.17) is 5.73 Å². The summed E-state index contributed by atoms with van der Waals surface area (Å²) in [6, 6.07) is 5.80. The second kappa shape index (κ2) is 3.55. The van der Waals surface area contributed by atoms with Crippen LogP contribution in [0, 0.1) is 0 Å². The third-order valence-electron chi connectivity index (χ3n) is 1.92. The molecule has 0 saturated carbocycles. The quantitative estimate of drug-likeness (QED) is 0.816. The number of nitrogens with two attached hydrogens (primary N) is 1. The van der Waals surface area contributed by atoms with Crippen LogP contribution in [0.1, 0.15) is 0 Å². The number of alkyl halides is 3. The molecule has 1 heterocycles. The van der Waals surface area contributed by atoms with Crippen LogP contribution < -0.4 is 10.5 Å². The fourth-order valence-corrected chi connectivity index (χ4v) is 1.36. The zero-order valence-electron chi connectivity index (χ0n) is 7.95. The topological polar surface area (TPSA) is 48.1 Å². The van der Waals surface area contributed by atoms with Crippen molar-refractivity contribution in [2.45, 2.75) is 6.36 Å². The van der Waals surface area contributed by atoms with Gasteiger partial charge in [-0.15, -0.1) is 13.2 Å². The van der Waals surface area contributed by atoms with Crippen molar-refractivity contribution in [3.8, 4) is 5.75 Å². The van der Waals surface area contributed by atoms with Crippen molar-refractivity contribution in [1.29, 1.82) is 0 Å². The maximum atomic E-state index is 12.1. The van der Waals surface area contributed by atoms with Gasteiger partial charge in [0.05, 0.1) is 11.9 Å². The number of ether oxygens (including phenoxy) is 1. The molecule has 0 amide bonds. The smallest absolute Gasteiger partial charge is 0.403 e. The molecule has 16 heavy (non-hydrogen) atoms. The van der Waals surface area contributed by atoms with Crippen LogP contribution in [0.25, 0.3) is 10.9 Å². The molecule has 0 bridgehead atoms. The maximum absolute atomic E-state index is 12.1. The normalized spacial score (nSPS) is 11.7. The van der Waals surface area contributed by atoms with Gasteiger partial charge in [-0.1, -0.05) is 12.1 Å². The van der Waals surface area contributed by atoms with E-state index in [1.54, 1.807) is 6.07 Å². The minimum atomic E-state index is -4.72. The molecule has 0 spiro atoms. The number of pyridine rings is 1. The van der Waals surface area contributed by atoms with E-state index >= 15 is 0 Å². The number of aromatic nitrogens is 1. The monoisotopic (exact) mass is 228 g/mol. The van der Waals surface area contributed by atoms with Crippen LogP contribution in [0.4, 0.5) is 18.9 Å². The molecule has 0 aliphatic heterocycles. The van der Waals surface area contributed by atoms with Crippen LogP contribution in [0.3, 0.4) is 0 Å². The lowest BCUT2D eigenvalue weighted by Gasteiger charge is -2.10. The van der Waals surface area contributed by atoms with Crippen LogP contribution in [-0.2, 0) is 0 Å². The number of rotatable bonds is 1. The van der Waals surface area contributed by atoms with E-state index in [1.165, 1.54) is 24.4 Å². The fraction of sp³-hybridized carbons (Fsp3) is 0.100. The molecule has 0 unspecified atom stereocenters. The van der Waals surface area contributed by atoms with E-state index in [0.717, 1.165) is 0 Å². The Morgan fingerprint density at radius 2 is 2.00 bits per heavy atom. The first-order valence-corrected chi connectivity index (χ1v) is 4.36. The van der Waals surface area contributed by atoms with Crippen molar-refractivity contribution in [3.05, 3.63) is 30.5 Å². The average molecular weight is 228 g/mol. The van der Waals surface area contributed by atoms with Gasteiger partial charge in [-0.25, -0.2) is 0 Å². The van der Waals surface area contributed by atoms with E-state index < -0.39 is 6.36 Å². The van der Waals surface area contributed by atoms with Gasteiger partial charge in [-0.2, -0.15) is 0 Å². The highest BCUT2D eigenvalue weighted by molar-refractivity contribution is 5.86. The van der Waals surface area contributed by atoms with Crippen LogP contribution in [0.2, 0.25) is 0 Å². The molecule has 1 aromatic heterocycles. The predicted molar refractivity (Wildman–Crippen MR) is 52.8 cm³/mol. The number of hydrogen-bond donors (Lipinski definition) is 1. The summed E-state index contributed by atoms with van der Waals surface area (Å²) in [5.74, 6) is -0.329. The average Bonchev–Trinajstić information content (AvgIpc) is 2.15. The summed E-state index contributed by atoms with van der Waals surface area (Å²) in [5.41, 5.74) is 5.99. The summed E-state index contributed by atoms with van der Waals surface area (Å²) in [4.78, 5) is 3.81. The summed E-state index contributed by atoms with van der Waals surface area (Å²) >= 11 is 0. The van der Waals surface area contributed by atoms with Crippen LogP contribution in [0.5, 0.6) is 5.75 Å². The third-order valence-corrected chi connectivity index (χ3v) is 1.92. The number of fused-ring (bicyclic) bond motifs is 1. The Morgan fingerprint density at radius 1 is 1.25 bits per heavy atom. The first-order valence-electron chi connectivity index (χ1n) is 4.36. The van der Waals surface area contributed by atoms with Gasteiger partial charge in [0.1, 0.15) is 5.52 Å². The van der Waals surface area contributed by atoms with Gasteiger partial charge in [0.25, 0.3) is 0 Å². The first kappa shape index (κ1) is 10.5. The summed E-state index contributed by atoms with van der Waals surface area (Å²) in [6.07, 6.45) is -3.44. The second-order valence-electron chi connectivity index (χ2n) is 3.14. The van der Waals surface area contributed by atoms with E-state index in [2.05, 4.69) is 9.72 Å². The maximum Gasteiger partial charge on any atom is 0.573 e. The number of nitrogen functional groups attached to an aromatic ring is 1. The van der Waals surface area contributed by atoms with E-state index in [9.17, 15) is 13.2 Å². The summed E-state index contributed by atoms with van der Waals surface area (Å²) < 4.78 is 40.1. The van der Waals surface area contributed by atoms with Crippen LogP contribution in [-0.4, -0.2) is 11.3 Å². The molecule has 1 aromatic carbocycles. The second-order valence-corrected chi connectivity index (χ2v) is 3.14. The Kier molecular flexibility index (Phi) is 2.34. The number of halogens is 3. The number of hydrogen-bond acceptors (Lipinski definition) is 3. The molecule has 0 aliphatic carbocycles. The zero-order valence-corrected chi connectivity index (χ0v) is 7.95. The molecule has 2 N–H and O–H groups in total. The van der Waals surface area contributed by atoms with Crippen molar-refractivity contribution in [1.82, 2.24) is 4.98 Å². The van der Waals surface area contributed by atoms with Gasteiger partial charge in [0, 0.05) is 5.39 Å². The van der Waals surface area contributed by atoms with Gasteiger partial charge in [-0.3, -0.25) is 4.98 Å². The molecule has 0 radical (unpaired) electrons. The molecule has 6 heteroatoms. The van der Waals surface area contributed by atoms with Gasteiger partial charge in [0.15, 0.2) is 5.75 Å². The minimum Gasteiger partial charge on any atom is -0.403 e. The van der Waals surface area contributed by atoms with Gasteiger partial charge in [0.2, 0.25) is 0 Å². The van der Waals surface area contributed by atoms with Crippen molar-refractivity contribution >= 4 is 16.6 Å². The van der Waals surface area contributed by atoms with Crippen molar-refractivity contribution in [2.75, 3.05) is 5.73 Å². The first-order chi connectivity index (χ1) is 7.46. The Balaban J connectivity index is 2.54. The number of anilines is 1. The van der Waals surface area contributed by atoms with Crippen LogP contribution in [0.15, 0.2) is 30.5 Å². The van der Waals surface area contributed by atoms with Gasteiger partial charge >= 0.3 is 6.36 Å². The molecular formula is C10H7F3N2O. The lowest BCUT2D eigenvalue weighted by Crippen LogP contribution is -2.17. The van der Waals surface area contributed by atoms with Crippen molar-refractivity contribution in [2.24, 2.45) is 0 Å². The molecule has 0 atom stereocenters. The highest BCUT2D eigenvalue weighted by Crippen LogP contribution is 2.29. The van der Waals surface area contributed by atoms with Gasteiger partial charge < -0.3 is 10.5 Å². The Hall–Kier alpha value is -1.98. The SMILES string of the molecule is Nc1cnc2c(OC(F)(F)F)cccc2c1. The highest BCUT2D eigenvalue weighted by atomic mass is 19.4. The standard InChI is InChI=1S/C10H7F3N2O/c11-10(12,13)16-8-3-1-2-6-4-7(14)5-15-9(6)8/h1-5H,14H2. The molecule has 0 saturated heterocycles. The van der Waals surface area contributed by atoms with Crippen molar-refractivity contribution in [3.63, 3.8) is 0 Å². The minimum absolute atomic E-state index is 0.133. The Bertz CT molecular complexity index is 525. The summed E-state index contributed by atoms with van der Waals surface area (Å²) in [7, 11) is 0. The lowest BCUT2D eigenvalue weighted by molar-refractivity contribution is -0.274.